The minimum absolute atomic E-state index is 0.0943. The van der Waals surface area contributed by atoms with E-state index < -0.39 is 10.0 Å². The number of rotatable bonds is 7. The van der Waals surface area contributed by atoms with Crippen molar-refractivity contribution in [2.45, 2.75) is 19.9 Å². The van der Waals surface area contributed by atoms with Crippen LogP contribution in [0.2, 0.25) is 0 Å². The Bertz CT molecular complexity index is 718. The Morgan fingerprint density at radius 1 is 1.23 bits per heavy atom. The number of nitrogens with one attached hydrogen (secondary N) is 1. The molecule has 1 aromatic heterocycles. The molecule has 0 spiro atoms. The monoisotopic (exact) mass is 324 g/mol. The van der Waals surface area contributed by atoms with Gasteiger partial charge in [0.2, 0.25) is 15.9 Å². The first-order valence-electron chi connectivity index (χ1n) is 6.84. The van der Waals surface area contributed by atoms with Crippen molar-refractivity contribution in [1.29, 1.82) is 0 Å². The molecule has 22 heavy (non-hydrogen) atoms. The number of halogens is 1. The molecule has 2 rings (SSSR count). The molecule has 1 N–H and O–H groups in total. The zero-order valence-corrected chi connectivity index (χ0v) is 12.9. The molecule has 0 aliphatic heterocycles. The maximum atomic E-state index is 12.8. The summed E-state index contributed by atoms with van der Waals surface area (Å²) in [5, 5.41) is 0. The summed E-state index contributed by atoms with van der Waals surface area (Å²) in [6.07, 6.45) is 2.09. The number of ether oxygens (including phenoxy) is 1. The number of sulfonamides is 1. The summed E-state index contributed by atoms with van der Waals surface area (Å²) in [7, 11) is -3.26. The first kappa shape index (κ1) is 16.4. The van der Waals surface area contributed by atoms with Gasteiger partial charge in [0.15, 0.2) is 0 Å². The maximum Gasteiger partial charge on any atom is 0.219 e. The molecule has 0 aliphatic rings. The number of hydrogen-bond acceptors (Lipinski definition) is 4. The van der Waals surface area contributed by atoms with E-state index in [4.69, 9.17) is 4.74 Å². The fraction of sp³-hybridized carbons (Fsp3) is 0.267. The minimum atomic E-state index is -3.26. The molecule has 0 atom stereocenters. The van der Waals surface area contributed by atoms with Crippen molar-refractivity contribution in [3.8, 4) is 11.6 Å². The largest absolute Gasteiger partial charge is 0.439 e. The number of pyridine rings is 1. The molecule has 2 aromatic rings. The van der Waals surface area contributed by atoms with Crippen LogP contribution in [0.1, 0.15) is 18.9 Å². The number of aromatic nitrogens is 1. The zero-order chi connectivity index (χ0) is 16.0. The van der Waals surface area contributed by atoms with Crippen LogP contribution in [0.25, 0.3) is 0 Å². The Kier molecular flexibility index (Phi) is 5.46. The van der Waals surface area contributed by atoms with Crippen LogP contribution in [0, 0.1) is 5.82 Å². The zero-order valence-electron chi connectivity index (χ0n) is 12.1. The summed E-state index contributed by atoms with van der Waals surface area (Å²) in [5.41, 5.74) is 0.729. The second-order valence-corrected chi connectivity index (χ2v) is 6.62. The number of benzene rings is 1. The van der Waals surface area contributed by atoms with Gasteiger partial charge in [-0.1, -0.05) is 6.92 Å². The van der Waals surface area contributed by atoms with E-state index in [0.29, 0.717) is 18.1 Å². The normalized spacial score (nSPS) is 11.4. The lowest BCUT2D eigenvalue weighted by Crippen LogP contribution is -2.25. The Hall–Kier alpha value is -1.99. The van der Waals surface area contributed by atoms with Gasteiger partial charge >= 0.3 is 0 Å². The van der Waals surface area contributed by atoms with Crippen molar-refractivity contribution in [1.82, 2.24) is 9.71 Å². The van der Waals surface area contributed by atoms with Crippen LogP contribution in [0.15, 0.2) is 42.6 Å². The molecule has 118 valence electrons. The fourth-order valence-corrected chi connectivity index (χ4v) is 2.84. The summed E-state index contributed by atoms with van der Waals surface area (Å²) >= 11 is 0. The van der Waals surface area contributed by atoms with Gasteiger partial charge in [-0.05, 0) is 42.3 Å². The van der Waals surface area contributed by atoms with Crippen LogP contribution >= 0.6 is 0 Å². The average molecular weight is 324 g/mol. The highest BCUT2D eigenvalue weighted by atomic mass is 32.2. The highest BCUT2D eigenvalue weighted by Crippen LogP contribution is 2.20. The van der Waals surface area contributed by atoms with E-state index >= 15 is 0 Å². The van der Waals surface area contributed by atoms with Crippen molar-refractivity contribution in [2.75, 3.05) is 5.75 Å². The molecule has 0 unspecified atom stereocenters. The molecular formula is C15H17FN2O3S. The van der Waals surface area contributed by atoms with Gasteiger partial charge in [0.25, 0.3) is 0 Å². The van der Waals surface area contributed by atoms with Gasteiger partial charge in [-0.3, -0.25) is 0 Å². The van der Waals surface area contributed by atoms with Crippen molar-refractivity contribution in [3.63, 3.8) is 0 Å². The van der Waals surface area contributed by atoms with Gasteiger partial charge < -0.3 is 4.74 Å². The Labute approximate surface area is 129 Å². The standard InChI is InChI=1S/C15H17FN2O3S/c1-2-9-22(19,20)18-11-12-7-8-17-15(10-12)21-14-5-3-13(16)4-6-14/h3-8,10,18H,2,9,11H2,1H3. The third kappa shape index (κ3) is 5.09. The Morgan fingerprint density at radius 2 is 1.95 bits per heavy atom. The van der Waals surface area contributed by atoms with E-state index in [1.165, 1.54) is 30.5 Å². The van der Waals surface area contributed by atoms with Gasteiger partial charge in [-0.15, -0.1) is 0 Å². The van der Waals surface area contributed by atoms with Crippen molar-refractivity contribution >= 4 is 10.0 Å². The lowest BCUT2D eigenvalue weighted by atomic mass is 10.3. The number of nitrogens with zero attached hydrogens (tertiary/aromatic N) is 1. The van der Waals surface area contributed by atoms with Gasteiger partial charge in [-0.2, -0.15) is 0 Å². The highest BCUT2D eigenvalue weighted by molar-refractivity contribution is 7.89. The maximum absolute atomic E-state index is 12.8. The van der Waals surface area contributed by atoms with Crippen LogP contribution in [-0.4, -0.2) is 19.2 Å². The van der Waals surface area contributed by atoms with Crippen LogP contribution in [0.4, 0.5) is 4.39 Å². The number of hydrogen-bond donors (Lipinski definition) is 1. The molecule has 0 aliphatic carbocycles. The molecule has 0 saturated carbocycles. The van der Waals surface area contributed by atoms with Gasteiger partial charge in [0.05, 0.1) is 5.75 Å². The average Bonchev–Trinajstić information content (AvgIpc) is 2.48. The summed E-state index contributed by atoms with van der Waals surface area (Å²) in [6, 6.07) is 8.90. The molecular weight excluding hydrogens is 307 g/mol. The molecule has 0 bridgehead atoms. The van der Waals surface area contributed by atoms with E-state index in [-0.39, 0.29) is 18.1 Å². The molecule has 0 amide bonds. The molecule has 0 fully saturated rings. The van der Waals surface area contributed by atoms with Crippen LogP contribution in [0.5, 0.6) is 11.6 Å². The van der Waals surface area contributed by atoms with E-state index in [9.17, 15) is 12.8 Å². The smallest absolute Gasteiger partial charge is 0.219 e. The molecule has 7 heteroatoms. The summed E-state index contributed by atoms with van der Waals surface area (Å²) < 4.78 is 44.1. The fourth-order valence-electron chi connectivity index (χ4n) is 1.77. The van der Waals surface area contributed by atoms with Gasteiger partial charge in [0.1, 0.15) is 11.6 Å². The predicted octanol–water partition coefficient (Wildman–Crippen LogP) is 2.84. The first-order valence-corrected chi connectivity index (χ1v) is 8.49. The molecule has 0 radical (unpaired) electrons. The van der Waals surface area contributed by atoms with E-state index in [1.807, 2.05) is 0 Å². The van der Waals surface area contributed by atoms with Crippen molar-refractivity contribution in [3.05, 3.63) is 54.0 Å². The summed E-state index contributed by atoms with van der Waals surface area (Å²) in [5.74, 6) is 0.521. The Balaban J connectivity index is 2.02. The summed E-state index contributed by atoms with van der Waals surface area (Å²) in [6.45, 7) is 1.98. The second kappa shape index (κ2) is 7.33. The lowest BCUT2D eigenvalue weighted by molar-refractivity contribution is 0.460. The molecule has 1 aromatic carbocycles. The highest BCUT2D eigenvalue weighted by Gasteiger charge is 2.08. The van der Waals surface area contributed by atoms with Gasteiger partial charge in [0, 0.05) is 18.8 Å². The second-order valence-electron chi connectivity index (χ2n) is 4.70. The van der Waals surface area contributed by atoms with Crippen LogP contribution in [-0.2, 0) is 16.6 Å². The predicted molar refractivity (Wildman–Crippen MR) is 81.6 cm³/mol. The van der Waals surface area contributed by atoms with Crippen LogP contribution in [0.3, 0.4) is 0 Å². The van der Waals surface area contributed by atoms with Crippen LogP contribution < -0.4 is 9.46 Å². The van der Waals surface area contributed by atoms with Crippen molar-refractivity contribution < 1.29 is 17.5 Å². The Morgan fingerprint density at radius 3 is 2.64 bits per heavy atom. The first-order chi connectivity index (χ1) is 10.5. The SMILES string of the molecule is CCCS(=O)(=O)NCc1ccnc(Oc2ccc(F)cc2)c1. The minimum Gasteiger partial charge on any atom is -0.439 e. The lowest BCUT2D eigenvalue weighted by Gasteiger charge is -2.08. The quantitative estimate of drug-likeness (QED) is 0.850. The molecule has 1 heterocycles. The summed E-state index contributed by atoms with van der Waals surface area (Å²) in [4.78, 5) is 4.04. The third-order valence-electron chi connectivity index (χ3n) is 2.80. The molecule has 0 saturated heterocycles. The third-order valence-corrected chi connectivity index (χ3v) is 4.33. The van der Waals surface area contributed by atoms with Gasteiger partial charge in [-0.25, -0.2) is 22.5 Å². The van der Waals surface area contributed by atoms with Crippen molar-refractivity contribution in [2.24, 2.45) is 0 Å². The van der Waals surface area contributed by atoms with E-state index in [0.717, 1.165) is 5.56 Å². The van der Waals surface area contributed by atoms with E-state index in [1.54, 1.807) is 19.1 Å². The topological polar surface area (TPSA) is 68.3 Å². The molecule has 5 nitrogen and oxygen atoms in total. The van der Waals surface area contributed by atoms with E-state index in [2.05, 4.69) is 9.71 Å².